The van der Waals surface area contributed by atoms with Crippen molar-refractivity contribution < 1.29 is 0 Å². The van der Waals surface area contributed by atoms with Gasteiger partial charge >= 0.3 is 0 Å². The summed E-state index contributed by atoms with van der Waals surface area (Å²) in [6.07, 6.45) is 1.83. The van der Waals surface area contributed by atoms with E-state index in [2.05, 4.69) is 45.7 Å². The van der Waals surface area contributed by atoms with Crippen molar-refractivity contribution in [3.8, 4) is 0 Å². The Bertz CT molecular complexity index is 371. The van der Waals surface area contributed by atoms with Gasteiger partial charge in [0.1, 0.15) is 0 Å². The first-order valence-corrected chi connectivity index (χ1v) is 6.28. The standard InChI is InChI=1S/C10H13Br2NO/c1-10(2,6-11)7-13-5-8(12)3-4-9(13)14/h3-5H,6-7H2,1-2H3. The zero-order chi connectivity index (χ0) is 10.8. The number of nitrogens with zero attached hydrogens (tertiary/aromatic N) is 1. The Balaban J connectivity index is 2.97. The predicted octanol–water partition coefficient (Wildman–Crippen LogP) is 3.03. The second kappa shape index (κ2) is 4.62. The van der Waals surface area contributed by atoms with Crippen molar-refractivity contribution in [3.05, 3.63) is 33.2 Å². The van der Waals surface area contributed by atoms with Crippen LogP contribution in [0, 0.1) is 5.41 Å². The molecule has 1 aromatic heterocycles. The minimum Gasteiger partial charge on any atom is -0.314 e. The molecule has 0 aliphatic carbocycles. The van der Waals surface area contributed by atoms with Gasteiger partial charge in [0, 0.05) is 28.6 Å². The number of alkyl halides is 1. The van der Waals surface area contributed by atoms with Gasteiger partial charge in [-0.3, -0.25) is 4.79 Å². The lowest BCUT2D eigenvalue weighted by atomic mass is 9.97. The molecule has 1 rings (SSSR count). The molecule has 0 saturated carbocycles. The lowest BCUT2D eigenvalue weighted by molar-refractivity contribution is 0.348. The van der Waals surface area contributed by atoms with Crippen molar-refractivity contribution in [1.29, 1.82) is 0 Å². The van der Waals surface area contributed by atoms with Gasteiger partial charge in [-0.05, 0) is 27.4 Å². The summed E-state index contributed by atoms with van der Waals surface area (Å²) >= 11 is 6.80. The molecule has 0 N–H and O–H groups in total. The fraction of sp³-hybridized carbons (Fsp3) is 0.500. The monoisotopic (exact) mass is 321 g/mol. The highest BCUT2D eigenvalue weighted by Crippen LogP contribution is 2.20. The minimum absolute atomic E-state index is 0.0437. The Morgan fingerprint density at radius 3 is 2.64 bits per heavy atom. The molecule has 0 aliphatic rings. The van der Waals surface area contributed by atoms with Crippen LogP contribution in [0.2, 0.25) is 0 Å². The van der Waals surface area contributed by atoms with Crippen molar-refractivity contribution in [2.75, 3.05) is 5.33 Å². The summed E-state index contributed by atoms with van der Waals surface area (Å²) in [6, 6.07) is 3.34. The molecule has 0 spiro atoms. The fourth-order valence-electron chi connectivity index (χ4n) is 1.13. The third-order valence-electron chi connectivity index (χ3n) is 1.91. The maximum absolute atomic E-state index is 11.5. The molecule has 4 heteroatoms. The highest BCUT2D eigenvalue weighted by atomic mass is 79.9. The number of halogens is 2. The summed E-state index contributed by atoms with van der Waals surface area (Å²) < 4.78 is 2.66. The van der Waals surface area contributed by atoms with Gasteiger partial charge in [0.25, 0.3) is 5.56 Å². The van der Waals surface area contributed by atoms with E-state index >= 15 is 0 Å². The summed E-state index contributed by atoms with van der Waals surface area (Å²) in [7, 11) is 0. The predicted molar refractivity (Wildman–Crippen MR) is 66.0 cm³/mol. The van der Waals surface area contributed by atoms with E-state index in [9.17, 15) is 4.79 Å². The van der Waals surface area contributed by atoms with Crippen molar-refractivity contribution in [1.82, 2.24) is 4.57 Å². The van der Waals surface area contributed by atoms with Gasteiger partial charge in [-0.25, -0.2) is 0 Å². The molecule has 1 aromatic rings. The first-order valence-electron chi connectivity index (χ1n) is 4.36. The summed E-state index contributed by atoms with van der Waals surface area (Å²) in [4.78, 5) is 11.5. The number of aromatic nitrogens is 1. The molecule has 0 radical (unpaired) electrons. The normalized spacial score (nSPS) is 11.7. The molecule has 0 unspecified atom stereocenters. The largest absolute Gasteiger partial charge is 0.314 e. The van der Waals surface area contributed by atoms with Gasteiger partial charge in [-0.1, -0.05) is 29.8 Å². The first-order chi connectivity index (χ1) is 6.44. The lowest BCUT2D eigenvalue weighted by Crippen LogP contribution is -2.28. The van der Waals surface area contributed by atoms with E-state index in [0.717, 1.165) is 16.3 Å². The van der Waals surface area contributed by atoms with Crippen LogP contribution in [0.15, 0.2) is 27.6 Å². The van der Waals surface area contributed by atoms with Gasteiger partial charge in [-0.2, -0.15) is 0 Å². The molecule has 2 nitrogen and oxygen atoms in total. The summed E-state index contributed by atoms with van der Waals surface area (Å²) in [5, 5.41) is 0.874. The fourth-order valence-corrected chi connectivity index (χ4v) is 1.69. The number of hydrogen-bond donors (Lipinski definition) is 0. The molecule has 78 valence electrons. The maximum atomic E-state index is 11.5. The van der Waals surface area contributed by atoms with E-state index in [1.165, 1.54) is 0 Å². The summed E-state index contributed by atoms with van der Waals surface area (Å²) in [5.74, 6) is 0. The average Bonchev–Trinajstić information content (AvgIpc) is 2.11. The van der Waals surface area contributed by atoms with Gasteiger partial charge in [0.15, 0.2) is 0 Å². The van der Waals surface area contributed by atoms with Crippen LogP contribution in [0.5, 0.6) is 0 Å². The van der Waals surface area contributed by atoms with Crippen molar-refractivity contribution in [3.63, 3.8) is 0 Å². The smallest absolute Gasteiger partial charge is 0.250 e. The van der Waals surface area contributed by atoms with Crippen LogP contribution in [0.1, 0.15) is 13.8 Å². The van der Waals surface area contributed by atoms with E-state index in [4.69, 9.17) is 0 Å². The molecule has 0 bridgehead atoms. The topological polar surface area (TPSA) is 22.0 Å². The van der Waals surface area contributed by atoms with Gasteiger partial charge < -0.3 is 4.57 Å². The van der Waals surface area contributed by atoms with E-state index in [1.807, 2.05) is 6.20 Å². The SMILES string of the molecule is CC(C)(CBr)Cn1cc(Br)ccc1=O. The molecular formula is C10H13Br2NO. The molecule has 0 aromatic carbocycles. The third kappa shape index (κ3) is 3.24. The second-order valence-corrected chi connectivity index (χ2v) is 5.59. The van der Waals surface area contributed by atoms with Crippen LogP contribution in [-0.4, -0.2) is 9.90 Å². The number of hydrogen-bond acceptors (Lipinski definition) is 1. The molecule has 0 atom stereocenters. The quantitative estimate of drug-likeness (QED) is 0.784. The zero-order valence-electron chi connectivity index (χ0n) is 8.26. The Morgan fingerprint density at radius 2 is 2.07 bits per heavy atom. The van der Waals surface area contributed by atoms with Gasteiger partial charge in [0.2, 0.25) is 0 Å². The highest BCUT2D eigenvalue weighted by Gasteiger charge is 2.17. The van der Waals surface area contributed by atoms with E-state index < -0.39 is 0 Å². The van der Waals surface area contributed by atoms with Crippen molar-refractivity contribution >= 4 is 31.9 Å². The van der Waals surface area contributed by atoms with E-state index in [1.54, 1.807) is 16.7 Å². The molecule has 0 amide bonds. The van der Waals surface area contributed by atoms with E-state index in [-0.39, 0.29) is 11.0 Å². The zero-order valence-corrected chi connectivity index (χ0v) is 11.4. The Kier molecular flexibility index (Phi) is 3.95. The minimum atomic E-state index is 0.0437. The van der Waals surface area contributed by atoms with Crippen LogP contribution in [0.3, 0.4) is 0 Å². The molecule has 14 heavy (non-hydrogen) atoms. The molecule has 1 heterocycles. The van der Waals surface area contributed by atoms with Crippen LogP contribution in [-0.2, 0) is 6.54 Å². The summed E-state index contributed by atoms with van der Waals surface area (Å²) in [6.45, 7) is 4.96. The van der Waals surface area contributed by atoms with E-state index in [0.29, 0.717) is 0 Å². The maximum Gasteiger partial charge on any atom is 0.250 e. The Hall–Kier alpha value is -0.0900. The Morgan fingerprint density at radius 1 is 1.43 bits per heavy atom. The van der Waals surface area contributed by atoms with Crippen molar-refractivity contribution in [2.24, 2.45) is 5.41 Å². The summed E-state index contributed by atoms with van der Waals surface area (Å²) in [5.41, 5.74) is 0.132. The van der Waals surface area contributed by atoms with Crippen LogP contribution in [0.4, 0.5) is 0 Å². The molecule has 0 aliphatic heterocycles. The second-order valence-electron chi connectivity index (χ2n) is 4.11. The average molecular weight is 323 g/mol. The molecular weight excluding hydrogens is 310 g/mol. The van der Waals surface area contributed by atoms with Gasteiger partial charge in [-0.15, -0.1) is 0 Å². The molecule has 0 saturated heterocycles. The van der Waals surface area contributed by atoms with Crippen LogP contribution < -0.4 is 5.56 Å². The highest BCUT2D eigenvalue weighted by molar-refractivity contribution is 9.10. The lowest BCUT2D eigenvalue weighted by Gasteiger charge is -2.22. The first kappa shape index (κ1) is 12.0. The van der Waals surface area contributed by atoms with Crippen LogP contribution in [0.25, 0.3) is 0 Å². The third-order valence-corrected chi connectivity index (χ3v) is 3.89. The van der Waals surface area contributed by atoms with Crippen LogP contribution >= 0.6 is 31.9 Å². The number of rotatable bonds is 3. The Labute approximate surface area is 101 Å². The number of pyridine rings is 1. The van der Waals surface area contributed by atoms with Gasteiger partial charge in [0.05, 0.1) is 0 Å². The van der Waals surface area contributed by atoms with Crippen molar-refractivity contribution in [2.45, 2.75) is 20.4 Å². The molecule has 0 fully saturated rings.